The Kier molecular flexibility index (Phi) is 5.57. The summed E-state index contributed by atoms with van der Waals surface area (Å²) in [4.78, 5) is 17.7. The molecule has 21 heavy (non-hydrogen) atoms. The van der Waals surface area contributed by atoms with Crippen LogP contribution in [0.3, 0.4) is 0 Å². The Morgan fingerprint density at radius 2 is 1.90 bits per heavy atom. The number of nitrogens with zero attached hydrogens (tertiary/aromatic N) is 2. The van der Waals surface area contributed by atoms with Crippen LogP contribution in [0.25, 0.3) is 0 Å². The van der Waals surface area contributed by atoms with E-state index in [0.717, 1.165) is 45.8 Å². The van der Waals surface area contributed by atoms with E-state index in [1.54, 1.807) is 0 Å². The Balaban J connectivity index is 2.02. The SMILES string of the molecule is CCC(CC)(C(=O)N1CCC(N2CCOCC2)C1)C(N)=S. The number of hydrogen-bond acceptors (Lipinski definition) is 4. The molecule has 2 saturated heterocycles. The molecular formula is C15H27N3O2S. The Hall–Kier alpha value is -0.720. The molecule has 0 aromatic heterocycles. The summed E-state index contributed by atoms with van der Waals surface area (Å²) in [7, 11) is 0. The minimum absolute atomic E-state index is 0.121. The van der Waals surface area contributed by atoms with Gasteiger partial charge in [-0.25, -0.2) is 0 Å². The van der Waals surface area contributed by atoms with Gasteiger partial charge in [0.25, 0.3) is 0 Å². The van der Waals surface area contributed by atoms with E-state index in [4.69, 9.17) is 22.7 Å². The van der Waals surface area contributed by atoms with Crippen molar-refractivity contribution in [2.24, 2.45) is 11.1 Å². The van der Waals surface area contributed by atoms with Crippen molar-refractivity contribution in [3.8, 4) is 0 Å². The molecule has 2 N–H and O–H groups in total. The third kappa shape index (κ3) is 3.22. The molecule has 2 rings (SSSR count). The van der Waals surface area contributed by atoms with E-state index < -0.39 is 5.41 Å². The highest BCUT2D eigenvalue weighted by molar-refractivity contribution is 7.80. The number of nitrogens with two attached hydrogens (primary N) is 1. The van der Waals surface area contributed by atoms with Crippen LogP contribution in [0.2, 0.25) is 0 Å². The van der Waals surface area contributed by atoms with E-state index in [9.17, 15) is 4.79 Å². The van der Waals surface area contributed by atoms with E-state index in [1.165, 1.54) is 0 Å². The molecule has 0 aromatic carbocycles. The maximum atomic E-state index is 12.9. The summed E-state index contributed by atoms with van der Waals surface area (Å²) in [5.74, 6) is 0.121. The number of amides is 1. The van der Waals surface area contributed by atoms with Crippen LogP contribution in [-0.2, 0) is 9.53 Å². The van der Waals surface area contributed by atoms with Gasteiger partial charge in [-0.2, -0.15) is 0 Å². The van der Waals surface area contributed by atoms with E-state index in [0.29, 0.717) is 23.9 Å². The fourth-order valence-corrected chi connectivity index (χ4v) is 3.85. The van der Waals surface area contributed by atoms with E-state index in [-0.39, 0.29) is 5.91 Å². The van der Waals surface area contributed by atoms with Crippen LogP contribution >= 0.6 is 12.2 Å². The predicted octanol–water partition coefficient (Wildman–Crippen LogP) is 1.01. The fourth-order valence-electron chi connectivity index (χ4n) is 3.48. The van der Waals surface area contributed by atoms with Gasteiger partial charge in [-0.1, -0.05) is 26.1 Å². The first kappa shape index (κ1) is 16.6. The average molecular weight is 313 g/mol. The lowest BCUT2D eigenvalue weighted by atomic mass is 9.81. The van der Waals surface area contributed by atoms with Crippen molar-refractivity contribution in [3.63, 3.8) is 0 Å². The normalized spacial score (nSPS) is 24.3. The lowest BCUT2D eigenvalue weighted by molar-refractivity contribution is -0.137. The summed E-state index contributed by atoms with van der Waals surface area (Å²) in [5, 5.41) is 0. The van der Waals surface area contributed by atoms with Crippen molar-refractivity contribution >= 4 is 23.1 Å². The smallest absolute Gasteiger partial charge is 0.235 e. The van der Waals surface area contributed by atoms with Crippen molar-refractivity contribution in [1.29, 1.82) is 0 Å². The van der Waals surface area contributed by atoms with Crippen molar-refractivity contribution in [1.82, 2.24) is 9.80 Å². The molecule has 2 heterocycles. The maximum Gasteiger partial charge on any atom is 0.235 e. The average Bonchev–Trinajstić information content (AvgIpc) is 2.99. The minimum Gasteiger partial charge on any atom is -0.392 e. The summed E-state index contributed by atoms with van der Waals surface area (Å²) in [6.07, 6.45) is 2.39. The van der Waals surface area contributed by atoms with Crippen LogP contribution in [0.5, 0.6) is 0 Å². The second kappa shape index (κ2) is 7.03. The summed E-state index contributed by atoms with van der Waals surface area (Å²) in [6, 6.07) is 0.454. The van der Waals surface area contributed by atoms with Gasteiger partial charge < -0.3 is 15.4 Å². The summed E-state index contributed by atoms with van der Waals surface area (Å²) < 4.78 is 5.40. The van der Waals surface area contributed by atoms with Gasteiger partial charge in [-0.3, -0.25) is 9.69 Å². The molecule has 2 aliphatic heterocycles. The van der Waals surface area contributed by atoms with Gasteiger partial charge in [0.05, 0.1) is 23.6 Å². The van der Waals surface area contributed by atoms with Crippen LogP contribution < -0.4 is 5.73 Å². The Labute approximate surface area is 132 Å². The van der Waals surface area contributed by atoms with Crippen LogP contribution in [0.4, 0.5) is 0 Å². The molecule has 5 nitrogen and oxygen atoms in total. The number of ether oxygens (including phenoxy) is 1. The molecule has 0 radical (unpaired) electrons. The molecule has 0 spiro atoms. The van der Waals surface area contributed by atoms with Crippen molar-refractivity contribution in [2.75, 3.05) is 39.4 Å². The molecule has 2 aliphatic rings. The van der Waals surface area contributed by atoms with Crippen LogP contribution in [-0.4, -0.2) is 66.1 Å². The molecule has 1 amide bonds. The number of rotatable bonds is 5. The number of morpholine rings is 1. The van der Waals surface area contributed by atoms with Gasteiger partial charge >= 0.3 is 0 Å². The number of carbonyl (C=O) groups excluding carboxylic acids is 1. The molecule has 0 saturated carbocycles. The topological polar surface area (TPSA) is 58.8 Å². The van der Waals surface area contributed by atoms with Crippen molar-refractivity contribution in [3.05, 3.63) is 0 Å². The fraction of sp³-hybridized carbons (Fsp3) is 0.867. The molecular weight excluding hydrogens is 286 g/mol. The number of carbonyl (C=O) groups is 1. The lowest BCUT2D eigenvalue weighted by Crippen LogP contribution is -2.51. The van der Waals surface area contributed by atoms with Crippen molar-refractivity contribution < 1.29 is 9.53 Å². The lowest BCUT2D eigenvalue weighted by Gasteiger charge is -2.35. The van der Waals surface area contributed by atoms with Gasteiger partial charge in [0.15, 0.2) is 0 Å². The quantitative estimate of drug-likeness (QED) is 0.768. The third-order valence-electron chi connectivity index (χ3n) is 5.10. The highest BCUT2D eigenvalue weighted by Crippen LogP contribution is 2.31. The second-order valence-corrected chi connectivity index (χ2v) is 6.44. The molecule has 0 bridgehead atoms. The molecule has 1 atom stereocenters. The molecule has 2 fully saturated rings. The van der Waals surface area contributed by atoms with Gasteiger partial charge in [-0.15, -0.1) is 0 Å². The number of likely N-dealkylation sites (tertiary alicyclic amines) is 1. The van der Waals surface area contributed by atoms with Crippen LogP contribution in [0.1, 0.15) is 33.1 Å². The molecule has 6 heteroatoms. The van der Waals surface area contributed by atoms with Gasteiger partial charge in [-0.05, 0) is 19.3 Å². The highest BCUT2D eigenvalue weighted by atomic mass is 32.1. The van der Waals surface area contributed by atoms with Crippen LogP contribution in [0.15, 0.2) is 0 Å². The maximum absolute atomic E-state index is 12.9. The first-order chi connectivity index (χ1) is 10.0. The summed E-state index contributed by atoms with van der Waals surface area (Å²) in [6.45, 7) is 9.13. The minimum atomic E-state index is -0.658. The van der Waals surface area contributed by atoms with E-state index in [1.807, 2.05) is 18.7 Å². The monoisotopic (exact) mass is 313 g/mol. The zero-order chi connectivity index (χ0) is 15.5. The Morgan fingerprint density at radius 1 is 1.29 bits per heavy atom. The largest absolute Gasteiger partial charge is 0.392 e. The van der Waals surface area contributed by atoms with Gasteiger partial charge in [0.1, 0.15) is 0 Å². The van der Waals surface area contributed by atoms with E-state index >= 15 is 0 Å². The van der Waals surface area contributed by atoms with Gasteiger partial charge in [0.2, 0.25) is 5.91 Å². The number of thiocarbonyl (C=S) groups is 1. The summed E-state index contributed by atoms with van der Waals surface area (Å²) in [5.41, 5.74) is 5.24. The second-order valence-electron chi connectivity index (χ2n) is 6.00. The third-order valence-corrected chi connectivity index (χ3v) is 5.49. The Morgan fingerprint density at radius 3 is 2.43 bits per heavy atom. The first-order valence-electron chi connectivity index (χ1n) is 7.96. The Bertz CT molecular complexity index is 392. The zero-order valence-electron chi connectivity index (χ0n) is 13.1. The number of hydrogen-bond donors (Lipinski definition) is 1. The highest BCUT2D eigenvalue weighted by Gasteiger charge is 2.43. The van der Waals surface area contributed by atoms with E-state index in [2.05, 4.69) is 4.90 Å². The molecule has 0 aromatic rings. The standard InChI is InChI=1S/C15H27N3O2S/c1-3-15(4-2,13(16)21)14(19)18-6-5-12(11-18)17-7-9-20-10-8-17/h12H,3-11H2,1-2H3,(H2,16,21). The first-order valence-corrected chi connectivity index (χ1v) is 8.37. The van der Waals surface area contributed by atoms with Gasteiger partial charge in [0, 0.05) is 32.2 Å². The van der Waals surface area contributed by atoms with Crippen LogP contribution in [0, 0.1) is 5.41 Å². The predicted molar refractivity (Wildman–Crippen MR) is 87.2 cm³/mol. The zero-order valence-corrected chi connectivity index (χ0v) is 14.0. The summed E-state index contributed by atoms with van der Waals surface area (Å²) >= 11 is 5.20. The molecule has 120 valence electrons. The van der Waals surface area contributed by atoms with Crippen molar-refractivity contribution in [2.45, 2.75) is 39.2 Å². The molecule has 0 aliphatic carbocycles. The molecule has 1 unspecified atom stereocenters.